The average molecular weight is 320 g/mol. The summed E-state index contributed by atoms with van der Waals surface area (Å²) in [5, 5.41) is 14.5. The van der Waals surface area contributed by atoms with E-state index < -0.39 is 29.1 Å². The van der Waals surface area contributed by atoms with Crippen molar-refractivity contribution < 1.29 is 23.1 Å². The smallest absolute Gasteiger partial charge is 0.433 e. The van der Waals surface area contributed by atoms with Crippen LogP contribution in [0.4, 0.5) is 13.2 Å². The third-order valence-electron chi connectivity index (χ3n) is 3.33. The van der Waals surface area contributed by atoms with Gasteiger partial charge in [0.05, 0.1) is 23.4 Å². The number of halogens is 3. The second-order valence-corrected chi connectivity index (χ2v) is 4.97. The molecular weight excluding hydrogens is 311 g/mol. The van der Waals surface area contributed by atoms with Crippen LogP contribution in [0.2, 0.25) is 0 Å². The number of fused-ring (bicyclic) bond motifs is 1. The van der Waals surface area contributed by atoms with Gasteiger partial charge in [0.15, 0.2) is 11.3 Å². The molecule has 0 N–H and O–H groups in total. The van der Waals surface area contributed by atoms with Crippen molar-refractivity contribution in [2.75, 3.05) is 0 Å². The second kappa shape index (κ2) is 5.08. The van der Waals surface area contributed by atoms with Crippen molar-refractivity contribution in [1.82, 2.24) is 14.6 Å². The van der Waals surface area contributed by atoms with Crippen LogP contribution in [0.25, 0.3) is 16.9 Å². The van der Waals surface area contributed by atoms with Gasteiger partial charge < -0.3 is 9.90 Å². The summed E-state index contributed by atoms with van der Waals surface area (Å²) >= 11 is 0. The fourth-order valence-electron chi connectivity index (χ4n) is 2.18. The number of aromatic carboxylic acids is 1. The summed E-state index contributed by atoms with van der Waals surface area (Å²) in [5.41, 5.74) is -0.627. The number of nitrogens with zero attached hydrogens (tertiary/aromatic N) is 3. The normalized spacial score (nSPS) is 11.8. The molecule has 0 unspecified atom stereocenters. The lowest BCUT2D eigenvalue weighted by Crippen LogP contribution is -2.22. The minimum absolute atomic E-state index is 0.00725. The van der Waals surface area contributed by atoms with Crippen LogP contribution >= 0.6 is 0 Å². The van der Waals surface area contributed by atoms with Gasteiger partial charge in [-0.05, 0) is 13.0 Å². The zero-order valence-electron chi connectivity index (χ0n) is 11.8. The van der Waals surface area contributed by atoms with Crippen LogP contribution in [0.5, 0.6) is 0 Å². The number of carboxylic acids is 1. The van der Waals surface area contributed by atoms with Gasteiger partial charge in [0.2, 0.25) is 0 Å². The van der Waals surface area contributed by atoms with Crippen LogP contribution in [0.1, 0.15) is 21.6 Å². The van der Waals surface area contributed by atoms with Crippen molar-refractivity contribution in [3.63, 3.8) is 0 Å². The number of hydrogen-bond acceptors (Lipinski definition) is 4. The first-order valence-corrected chi connectivity index (χ1v) is 6.52. The number of carboxylic acid groups (broad SMARTS) is 1. The highest BCUT2D eigenvalue weighted by molar-refractivity contribution is 5.93. The van der Waals surface area contributed by atoms with Crippen molar-refractivity contribution in [2.24, 2.45) is 0 Å². The zero-order valence-corrected chi connectivity index (χ0v) is 11.8. The fraction of sp³-hybridized carbons (Fsp3) is 0.133. The molecule has 2 heterocycles. The van der Waals surface area contributed by atoms with Crippen molar-refractivity contribution in [1.29, 1.82) is 0 Å². The van der Waals surface area contributed by atoms with Crippen LogP contribution in [0.3, 0.4) is 0 Å². The Labute approximate surface area is 128 Å². The van der Waals surface area contributed by atoms with Gasteiger partial charge in [0.1, 0.15) is 0 Å². The lowest BCUT2D eigenvalue weighted by atomic mass is 10.1. The molecule has 0 saturated heterocycles. The number of aromatic nitrogens is 3. The van der Waals surface area contributed by atoms with E-state index in [-0.39, 0.29) is 5.69 Å². The lowest BCUT2D eigenvalue weighted by Gasteiger charge is -2.12. The maximum atomic E-state index is 13.2. The van der Waals surface area contributed by atoms with Crippen molar-refractivity contribution in [3.8, 4) is 11.3 Å². The molecule has 1 aromatic carbocycles. The average Bonchev–Trinajstić information content (AvgIpc) is 2.89. The summed E-state index contributed by atoms with van der Waals surface area (Å²) in [6.45, 7) is 1.84. The SMILES string of the molecule is Cc1ccc(-c2cc(C(F)(F)F)n3ncc(C(=O)[O-])c3n2)cc1. The Hall–Kier alpha value is -2.90. The third kappa shape index (κ3) is 2.63. The van der Waals surface area contributed by atoms with E-state index in [1.165, 1.54) is 0 Å². The van der Waals surface area contributed by atoms with E-state index in [9.17, 15) is 23.1 Å². The molecule has 0 amide bonds. The van der Waals surface area contributed by atoms with Gasteiger partial charge in [-0.25, -0.2) is 9.50 Å². The van der Waals surface area contributed by atoms with E-state index >= 15 is 0 Å². The Bertz CT molecular complexity index is 899. The number of hydrogen-bond donors (Lipinski definition) is 0. The molecule has 0 aliphatic rings. The molecule has 0 spiro atoms. The van der Waals surface area contributed by atoms with Crippen molar-refractivity contribution >= 4 is 11.6 Å². The minimum atomic E-state index is -4.71. The van der Waals surface area contributed by atoms with Gasteiger partial charge in [0, 0.05) is 5.56 Å². The summed E-state index contributed by atoms with van der Waals surface area (Å²) in [6.07, 6.45) is -3.91. The molecule has 0 atom stereocenters. The standard InChI is InChI=1S/C15H10F3N3O2/c1-8-2-4-9(5-3-8)11-6-12(15(16,17)18)21-13(20-11)10(7-19-21)14(22)23/h2-7H,1H3,(H,22,23)/p-1. The van der Waals surface area contributed by atoms with Crippen molar-refractivity contribution in [3.05, 3.63) is 53.3 Å². The lowest BCUT2D eigenvalue weighted by molar-refractivity contribution is -0.254. The van der Waals surface area contributed by atoms with Gasteiger partial charge in [-0.3, -0.25) is 0 Å². The highest BCUT2D eigenvalue weighted by atomic mass is 19.4. The first-order chi connectivity index (χ1) is 10.8. The van der Waals surface area contributed by atoms with Gasteiger partial charge in [-0.2, -0.15) is 18.3 Å². The van der Waals surface area contributed by atoms with Gasteiger partial charge in [-0.15, -0.1) is 0 Å². The Morgan fingerprint density at radius 2 is 1.87 bits per heavy atom. The van der Waals surface area contributed by atoms with E-state index in [0.717, 1.165) is 17.8 Å². The number of benzene rings is 1. The number of rotatable bonds is 2. The summed E-state index contributed by atoms with van der Waals surface area (Å²) in [7, 11) is 0. The highest BCUT2D eigenvalue weighted by Gasteiger charge is 2.35. The predicted molar refractivity (Wildman–Crippen MR) is 72.5 cm³/mol. The minimum Gasteiger partial charge on any atom is -0.545 e. The Balaban J connectivity index is 2.33. The van der Waals surface area contributed by atoms with Crippen LogP contribution in [-0.2, 0) is 6.18 Å². The number of alkyl halides is 3. The van der Waals surface area contributed by atoms with E-state index in [4.69, 9.17) is 0 Å². The van der Waals surface area contributed by atoms with Crippen LogP contribution in [0.15, 0.2) is 36.5 Å². The summed E-state index contributed by atoms with van der Waals surface area (Å²) < 4.78 is 40.2. The molecule has 3 rings (SSSR count). The maximum Gasteiger partial charge on any atom is 0.433 e. The molecule has 2 aromatic heterocycles. The summed E-state index contributed by atoms with van der Waals surface area (Å²) in [6, 6.07) is 7.52. The molecular formula is C15H9F3N3O2-. The number of aryl methyl sites for hydroxylation is 1. The van der Waals surface area contributed by atoms with Crippen molar-refractivity contribution in [2.45, 2.75) is 13.1 Å². The van der Waals surface area contributed by atoms with E-state index in [1.54, 1.807) is 24.3 Å². The molecule has 0 aliphatic heterocycles. The van der Waals surface area contributed by atoms with Gasteiger partial charge >= 0.3 is 6.18 Å². The Morgan fingerprint density at radius 3 is 2.43 bits per heavy atom. The third-order valence-corrected chi connectivity index (χ3v) is 3.33. The molecule has 0 bridgehead atoms. The number of carbonyl (C=O) groups is 1. The van der Waals surface area contributed by atoms with Crippen LogP contribution in [-0.4, -0.2) is 20.6 Å². The monoisotopic (exact) mass is 320 g/mol. The predicted octanol–water partition coefficient (Wildman–Crippen LogP) is 2.09. The molecule has 0 saturated carbocycles. The largest absolute Gasteiger partial charge is 0.545 e. The molecule has 23 heavy (non-hydrogen) atoms. The number of carbonyl (C=O) groups excluding carboxylic acids is 1. The summed E-state index contributed by atoms with van der Waals surface area (Å²) in [5.74, 6) is -1.64. The molecule has 8 heteroatoms. The van der Waals surface area contributed by atoms with E-state index in [1.807, 2.05) is 6.92 Å². The Morgan fingerprint density at radius 1 is 1.22 bits per heavy atom. The Kier molecular flexibility index (Phi) is 3.32. The molecule has 0 radical (unpaired) electrons. The highest BCUT2D eigenvalue weighted by Crippen LogP contribution is 2.32. The molecule has 5 nitrogen and oxygen atoms in total. The van der Waals surface area contributed by atoms with E-state index in [2.05, 4.69) is 10.1 Å². The molecule has 118 valence electrons. The first kappa shape index (κ1) is 15.0. The topological polar surface area (TPSA) is 70.3 Å². The second-order valence-electron chi connectivity index (χ2n) is 4.97. The van der Waals surface area contributed by atoms with Gasteiger partial charge in [0.25, 0.3) is 0 Å². The first-order valence-electron chi connectivity index (χ1n) is 6.52. The molecule has 0 aliphatic carbocycles. The fourth-order valence-corrected chi connectivity index (χ4v) is 2.18. The summed E-state index contributed by atoms with van der Waals surface area (Å²) in [4.78, 5) is 15.1. The molecule has 3 aromatic rings. The van der Waals surface area contributed by atoms with Crippen LogP contribution < -0.4 is 5.11 Å². The molecule has 0 fully saturated rings. The zero-order chi connectivity index (χ0) is 16.8. The van der Waals surface area contributed by atoms with Gasteiger partial charge in [-0.1, -0.05) is 29.8 Å². The van der Waals surface area contributed by atoms with E-state index in [0.29, 0.717) is 10.1 Å². The quantitative estimate of drug-likeness (QED) is 0.725. The maximum absolute atomic E-state index is 13.2. The van der Waals surface area contributed by atoms with Crippen LogP contribution in [0, 0.1) is 6.92 Å².